The fourth-order valence-corrected chi connectivity index (χ4v) is 5.01. The van der Waals surface area contributed by atoms with E-state index >= 15 is 0 Å². The molecule has 166 valence electrons. The first-order valence-corrected chi connectivity index (χ1v) is 11.5. The molecule has 8 heteroatoms. The van der Waals surface area contributed by atoms with E-state index in [9.17, 15) is 15.0 Å². The maximum Gasteiger partial charge on any atom is 0.195 e. The molecule has 0 spiro atoms. The number of aliphatic hydroxyl groups excluding tert-OH is 2. The number of rotatable bonds is 7. The van der Waals surface area contributed by atoms with Gasteiger partial charge in [-0.3, -0.25) is 4.79 Å². The predicted molar refractivity (Wildman–Crippen MR) is 132 cm³/mol. The molecule has 0 fully saturated rings. The van der Waals surface area contributed by atoms with Crippen LogP contribution in [0.5, 0.6) is 11.5 Å². The summed E-state index contributed by atoms with van der Waals surface area (Å²) in [7, 11) is 0. The lowest BCUT2D eigenvalue weighted by molar-refractivity contribution is 0.115. The molecular weight excluding hydrogens is 469 g/mol. The lowest BCUT2D eigenvalue weighted by Gasteiger charge is -2.24. The molecule has 0 unspecified atom stereocenters. The van der Waals surface area contributed by atoms with Crippen LogP contribution in [-0.4, -0.2) is 29.0 Å². The SMILES string of the molecule is NC(CO)(CO)CCc1ccc2sc3cc(Oc4cc(Cl)cc(Cl)c4)ccc3c(=O)c2c1. The summed E-state index contributed by atoms with van der Waals surface area (Å²) in [4.78, 5) is 13.1. The average Bonchev–Trinajstić information content (AvgIpc) is 2.77. The van der Waals surface area contributed by atoms with Crippen molar-refractivity contribution in [3.63, 3.8) is 0 Å². The Morgan fingerprint density at radius 2 is 1.59 bits per heavy atom. The monoisotopic (exact) mass is 489 g/mol. The highest BCUT2D eigenvalue weighted by atomic mass is 35.5. The zero-order valence-electron chi connectivity index (χ0n) is 17.0. The normalized spacial score (nSPS) is 11.9. The molecule has 4 N–H and O–H groups in total. The number of hydrogen-bond donors (Lipinski definition) is 3. The van der Waals surface area contributed by atoms with Gasteiger partial charge in [0, 0.05) is 30.2 Å². The molecule has 4 aromatic rings. The molecule has 1 heterocycles. The third-order valence-corrected chi connectivity index (χ3v) is 6.89. The van der Waals surface area contributed by atoms with Gasteiger partial charge in [0.05, 0.1) is 18.8 Å². The quantitative estimate of drug-likeness (QED) is 0.313. The summed E-state index contributed by atoms with van der Waals surface area (Å²) in [5.41, 5.74) is 5.79. The van der Waals surface area contributed by atoms with Gasteiger partial charge in [-0.15, -0.1) is 11.3 Å². The molecule has 0 saturated heterocycles. The smallest absolute Gasteiger partial charge is 0.195 e. The Bertz CT molecular complexity index is 1330. The molecule has 0 amide bonds. The first-order chi connectivity index (χ1) is 15.3. The number of aliphatic hydroxyl groups is 2. The van der Waals surface area contributed by atoms with Crippen LogP contribution >= 0.6 is 34.5 Å². The van der Waals surface area contributed by atoms with E-state index in [1.54, 1.807) is 30.3 Å². The van der Waals surface area contributed by atoms with Crippen molar-refractivity contribution in [3.05, 3.63) is 80.4 Å². The van der Waals surface area contributed by atoms with Gasteiger partial charge in [0.2, 0.25) is 0 Å². The molecule has 0 aliphatic heterocycles. The minimum Gasteiger partial charge on any atom is -0.457 e. The molecule has 3 aromatic carbocycles. The second-order valence-corrected chi connectivity index (χ2v) is 9.76. The summed E-state index contributed by atoms with van der Waals surface area (Å²) in [6, 6.07) is 16.0. The molecule has 5 nitrogen and oxygen atoms in total. The van der Waals surface area contributed by atoms with Crippen molar-refractivity contribution in [2.45, 2.75) is 18.4 Å². The van der Waals surface area contributed by atoms with Gasteiger partial charge in [0.15, 0.2) is 5.43 Å². The van der Waals surface area contributed by atoms with Gasteiger partial charge in [-0.05, 0) is 66.9 Å². The van der Waals surface area contributed by atoms with Crippen LogP contribution in [-0.2, 0) is 6.42 Å². The van der Waals surface area contributed by atoms with Crippen molar-refractivity contribution in [1.82, 2.24) is 0 Å². The zero-order valence-corrected chi connectivity index (χ0v) is 19.3. The number of ether oxygens (including phenoxy) is 1. The number of hydrogen-bond acceptors (Lipinski definition) is 6. The van der Waals surface area contributed by atoms with Crippen LogP contribution in [0.15, 0.2) is 59.4 Å². The van der Waals surface area contributed by atoms with E-state index in [0.717, 1.165) is 15.0 Å². The third-order valence-electron chi connectivity index (χ3n) is 5.32. The van der Waals surface area contributed by atoms with Crippen LogP contribution in [0.4, 0.5) is 0 Å². The van der Waals surface area contributed by atoms with E-state index in [1.807, 2.05) is 24.3 Å². The van der Waals surface area contributed by atoms with E-state index < -0.39 is 5.54 Å². The van der Waals surface area contributed by atoms with Crippen molar-refractivity contribution < 1.29 is 14.9 Å². The van der Waals surface area contributed by atoms with Gasteiger partial charge in [0.25, 0.3) is 0 Å². The summed E-state index contributed by atoms with van der Waals surface area (Å²) < 4.78 is 7.55. The first-order valence-electron chi connectivity index (χ1n) is 9.94. The predicted octanol–water partition coefficient (Wildman–Crippen LogP) is 5.13. The molecular formula is C24H21Cl2NO4S. The fraction of sp³-hybridized carbons (Fsp3) is 0.208. The third kappa shape index (κ3) is 4.91. The largest absolute Gasteiger partial charge is 0.457 e. The Labute approximate surface area is 198 Å². The molecule has 0 atom stereocenters. The van der Waals surface area contributed by atoms with Crippen molar-refractivity contribution in [2.24, 2.45) is 5.73 Å². The highest BCUT2D eigenvalue weighted by Gasteiger charge is 2.22. The van der Waals surface area contributed by atoms with Crippen molar-refractivity contribution in [3.8, 4) is 11.5 Å². The number of benzene rings is 3. The molecule has 1 aromatic heterocycles. The van der Waals surface area contributed by atoms with E-state index in [-0.39, 0.29) is 18.6 Å². The maximum atomic E-state index is 13.1. The van der Waals surface area contributed by atoms with Crippen LogP contribution in [0.3, 0.4) is 0 Å². The molecule has 0 aliphatic carbocycles. The van der Waals surface area contributed by atoms with Crippen LogP contribution in [0.25, 0.3) is 20.2 Å². The highest BCUT2D eigenvalue weighted by molar-refractivity contribution is 7.24. The molecule has 4 rings (SSSR count). The van der Waals surface area contributed by atoms with Gasteiger partial charge in [0.1, 0.15) is 11.5 Å². The molecule has 0 radical (unpaired) electrons. The van der Waals surface area contributed by atoms with Gasteiger partial charge < -0.3 is 20.7 Å². The Morgan fingerprint density at radius 1 is 0.875 bits per heavy atom. The Morgan fingerprint density at radius 3 is 2.28 bits per heavy atom. The highest BCUT2D eigenvalue weighted by Crippen LogP contribution is 2.32. The Balaban J connectivity index is 1.66. The molecule has 0 aliphatic rings. The average molecular weight is 490 g/mol. The van der Waals surface area contributed by atoms with Gasteiger partial charge in [-0.25, -0.2) is 0 Å². The van der Waals surface area contributed by atoms with Crippen molar-refractivity contribution in [2.75, 3.05) is 13.2 Å². The van der Waals surface area contributed by atoms with E-state index in [2.05, 4.69) is 0 Å². The fourth-order valence-electron chi connectivity index (χ4n) is 3.43. The summed E-state index contributed by atoms with van der Waals surface area (Å²) in [5, 5.41) is 21.0. The second kappa shape index (κ2) is 9.35. The van der Waals surface area contributed by atoms with E-state index in [1.165, 1.54) is 11.3 Å². The summed E-state index contributed by atoms with van der Waals surface area (Å²) in [6.45, 7) is -0.606. The maximum absolute atomic E-state index is 13.1. The lowest BCUT2D eigenvalue weighted by atomic mass is 9.93. The van der Waals surface area contributed by atoms with Crippen LogP contribution in [0, 0.1) is 0 Å². The van der Waals surface area contributed by atoms with Crippen molar-refractivity contribution >= 4 is 54.7 Å². The number of nitrogens with two attached hydrogens (primary N) is 1. The Hall–Kier alpha value is -2.19. The van der Waals surface area contributed by atoms with Crippen LogP contribution in [0.2, 0.25) is 10.0 Å². The van der Waals surface area contributed by atoms with E-state index in [0.29, 0.717) is 45.2 Å². The number of fused-ring (bicyclic) bond motifs is 2. The molecule has 0 bridgehead atoms. The van der Waals surface area contributed by atoms with Gasteiger partial charge in [-0.1, -0.05) is 29.3 Å². The van der Waals surface area contributed by atoms with Crippen molar-refractivity contribution in [1.29, 1.82) is 0 Å². The summed E-state index contributed by atoms with van der Waals surface area (Å²) in [5.74, 6) is 1.09. The van der Waals surface area contributed by atoms with Crippen LogP contribution in [0.1, 0.15) is 12.0 Å². The minimum absolute atomic E-state index is 0.0590. The zero-order chi connectivity index (χ0) is 22.9. The topological polar surface area (TPSA) is 92.8 Å². The first kappa shape index (κ1) is 23.0. The number of aryl methyl sites for hydroxylation is 1. The van der Waals surface area contributed by atoms with Gasteiger partial charge >= 0.3 is 0 Å². The van der Waals surface area contributed by atoms with Gasteiger partial charge in [-0.2, -0.15) is 0 Å². The molecule has 32 heavy (non-hydrogen) atoms. The standard InChI is InChI=1S/C24H21Cl2NO4S/c25-15-8-16(26)10-18(9-15)31-17-2-3-19-22(11-17)32-21-4-1-14(7-20(21)23(19)30)5-6-24(27,12-28)13-29/h1-4,7-11,28-29H,5-6,12-13,27H2. The second-order valence-electron chi connectivity index (χ2n) is 7.81. The lowest BCUT2D eigenvalue weighted by Crippen LogP contribution is -2.47. The number of halogens is 2. The Kier molecular flexibility index (Phi) is 6.72. The molecule has 0 saturated carbocycles. The van der Waals surface area contributed by atoms with Crippen LogP contribution < -0.4 is 15.9 Å². The summed E-state index contributed by atoms with van der Waals surface area (Å²) >= 11 is 13.6. The summed E-state index contributed by atoms with van der Waals surface area (Å²) in [6.07, 6.45) is 0.954. The minimum atomic E-state index is -1.04. The van der Waals surface area contributed by atoms with E-state index in [4.69, 9.17) is 33.7 Å².